The fourth-order valence-electron chi connectivity index (χ4n) is 3.11. The Labute approximate surface area is 211 Å². The molecule has 9 nitrogen and oxygen atoms in total. The number of aromatic carboxylic acids is 1. The Balaban J connectivity index is 1.58. The number of carboxylic acids is 1. The van der Waals surface area contributed by atoms with E-state index in [1.807, 2.05) is 6.26 Å². The number of amides is 1. The van der Waals surface area contributed by atoms with Crippen molar-refractivity contribution in [2.75, 3.05) is 15.9 Å². The number of aromatic nitrogens is 2. The first-order chi connectivity index (χ1) is 16.9. The van der Waals surface area contributed by atoms with Gasteiger partial charge in [0.2, 0.25) is 0 Å². The number of nitrogens with zero attached hydrogens (tertiary/aromatic N) is 3. The summed E-state index contributed by atoms with van der Waals surface area (Å²) in [5, 5.41) is 12.7. The first-order valence-corrected chi connectivity index (χ1v) is 13.0. The Morgan fingerprint density at radius 2 is 1.86 bits per heavy atom. The fraction of sp³-hybridized carbons (Fsp3) is 0.0435. The van der Waals surface area contributed by atoms with Crippen LogP contribution < -0.4 is 9.62 Å². The molecular weight excluding hydrogens is 508 g/mol. The number of anilines is 3. The highest BCUT2D eigenvalue weighted by atomic mass is 32.2. The lowest BCUT2D eigenvalue weighted by molar-refractivity contribution is 0.0696. The molecule has 35 heavy (non-hydrogen) atoms. The van der Waals surface area contributed by atoms with Gasteiger partial charge in [-0.05, 0) is 66.9 Å². The van der Waals surface area contributed by atoms with Crippen molar-refractivity contribution in [3.63, 3.8) is 0 Å². The van der Waals surface area contributed by atoms with Crippen molar-refractivity contribution >= 4 is 62.6 Å². The minimum absolute atomic E-state index is 0.0977. The Morgan fingerprint density at radius 1 is 1.09 bits per heavy atom. The van der Waals surface area contributed by atoms with Crippen LogP contribution in [0.25, 0.3) is 10.6 Å². The van der Waals surface area contributed by atoms with Crippen molar-refractivity contribution in [3.05, 3.63) is 84.1 Å². The molecule has 2 aromatic heterocycles. The molecule has 2 aromatic carbocycles. The van der Waals surface area contributed by atoms with Gasteiger partial charge < -0.3 is 15.0 Å². The number of rotatable bonds is 8. The highest BCUT2D eigenvalue weighted by Gasteiger charge is 2.17. The lowest BCUT2D eigenvalue weighted by Gasteiger charge is -2.25. The van der Waals surface area contributed by atoms with Gasteiger partial charge in [-0.3, -0.25) is 13.3 Å². The number of carbonyl (C=O) groups excluding carboxylic acids is 1. The zero-order valence-corrected chi connectivity index (χ0v) is 20.5. The van der Waals surface area contributed by atoms with Crippen LogP contribution >= 0.6 is 23.1 Å². The number of thioether (sulfide) groups is 1. The molecule has 0 spiro atoms. The van der Waals surface area contributed by atoms with Gasteiger partial charge in [0.1, 0.15) is 5.00 Å². The van der Waals surface area contributed by atoms with Gasteiger partial charge >= 0.3 is 5.97 Å². The van der Waals surface area contributed by atoms with Crippen molar-refractivity contribution in [1.29, 1.82) is 0 Å². The standard InChI is InChI=1S/C23H18N4O5S3/c1-33-23-24-12-11-18(26-23)19-9-10-20(34-19)27(35(31)32)17-4-2-3-15(13-17)21(28)25-16-7-5-14(6-8-16)22(29)30/h2-13H,1H3,(H,25,28)(H,29,30)(H,31,32)/p-1. The number of carboxylic acid groups (broad SMARTS) is 1. The van der Waals surface area contributed by atoms with Crippen LogP contribution in [0.2, 0.25) is 0 Å². The van der Waals surface area contributed by atoms with E-state index in [-0.39, 0.29) is 16.8 Å². The van der Waals surface area contributed by atoms with Gasteiger partial charge in [0.25, 0.3) is 5.91 Å². The number of thiophene rings is 1. The summed E-state index contributed by atoms with van der Waals surface area (Å²) in [5.41, 5.74) is 1.71. The van der Waals surface area contributed by atoms with Crippen LogP contribution in [0.3, 0.4) is 0 Å². The maximum Gasteiger partial charge on any atom is 0.335 e. The number of benzene rings is 2. The lowest BCUT2D eigenvalue weighted by Crippen LogP contribution is -2.19. The Kier molecular flexibility index (Phi) is 7.56. The molecule has 1 unspecified atom stereocenters. The van der Waals surface area contributed by atoms with Crippen molar-refractivity contribution in [2.45, 2.75) is 5.16 Å². The Hall–Kier alpha value is -3.58. The predicted molar refractivity (Wildman–Crippen MR) is 136 cm³/mol. The third kappa shape index (κ3) is 5.74. The van der Waals surface area contributed by atoms with Crippen LogP contribution in [-0.2, 0) is 11.3 Å². The van der Waals surface area contributed by atoms with E-state index in [2.05, 4.69) is 15.3 Å². The van der Waals surface area contributed by atoms with E-state index in [4.69, 9.17) is 5.11 Å². The molecular formula is C23H17N4O5S3-. The third-order valence-corrected chi connectivity index (χ3v) is 7.22. The Bertz CT molecular complexity index is 1410. The van der Waals surface area contributed by atoms with Crippen LogP contribution in [0.15, 0.2) is 78.1 Å². The normalized spacial score (nSPS) is 11.6. The van der Waals surface area contributed by atoms with E-state index in [1.54, 1.807) is 42.6 Å². The second kappa shape index (κ2) is 10.8. The molecule has 1 atom stereocenters. The highest BCUT2D eigenvalue weighted by Crippen LogP contribution is 2.37. The van der Waals surface area contributed by atoms with Crippen molar-refractivity contribution in [1.82, 2.24) is 9.97 Å². The quantitative estimate of drug-likeness (QED) is 0.190. The third-order valence-electron chi connectivity index (χ3n) is 4.74. The molecule has 0 aliphatic heterocycles. The minimum atomic E-state index is -2.65. The zero-order chi connectivity index (χ0) is 24.9. The molecule has 12 heteroatoms. The summed E-state index contributed by atoms with van der Waals surface area (Å²) in [6.45, 7) is 0. The van der Waals surface area contributed by atoms with Gasteiger partial charge in [0.15, 0.2) is 5.16 Å². The first-order valence-electron chi connectivity index (χ1n) is 9.97. The average Bonchev–Trinajstić information content (AvgIpc) is 3.34. The molecule has 4 aromatic rings. The summed E-state index contributed by atoms with van der Waals surface area (Å²) in [7, 11) is 0. The molecule has 4 rings (SSSR count). The van der Waals surface area contributed by atoms with E-state index in [1.165, 1.54) is 53.4 Å². The van der Waals surface area contributed by atoms with Gasteiger partial charge in [-0.1, -0.05) is 17.8 Å². The van der Waals surface area contributed by atoms with E-state index in [9.17, 15) is 18.4 Å². The molecule has 0 aliphatic carbocycles. The molecule has 2 N–H and O–H groups in total. The maximum atomic E-state index is 12.8. The maximum absolute atomic E-state index is 12.8. The summed E-state index contributed by atoms with van der Waals surface area (Å²) in [5.74, 6) is -1.54. The van der Waals surface area contributed by atoms with Gasteiger partial charge in [-0.15, -0.1) is 11.3 Å². The summed E-state index contributed by atoms with van der Waals surface area (Å²) >= 11 is -0.00107. The van der Waals surface area contributed by atoms with Gasteiger partial charge in [0.05, 0.1) is 33.1 Å². The number of nitrogens with one attached hydrogen (secondary N) is 1. The van der Waals surface area contributed by atoms with E-state index in [0.717, 1.165) is 9.18 Å². The average molecular weight is 526 g/mol. The first kappa shape index (κ1) is 24.5. The second-order valence-corrected chi connectivity index (χ2v) is 9.60. The monoisotopic (exact) mass is 525 g/mol. The molecule has 0 saturated carbocycles. The molecule has 0 saturated heterocycles. The molecule has 0 aliphatic rings. The van der Waals surface area contributed by atoms with Crippen LogP contribution in [0.1, 0.15) is 20.7 Å². The molecule has 0 radical (unpaired) electrons. The number of carbonyl (C=O) groups is 2. The van der Waals surface area contributed by atoms with Crippen molar-refractivity contribution in [2.24, 2.45) is 0 Å². The van der Waals surface area contributed by atoms with Crippen LogP contribution in [0.4, 0.5) is 16.4 Å². The molecule has 0 bridgehead atoms. The van der Waals surface area contributed by atoms with E-state index < -0.39 is 23.1 Å². The highest BCUT2D eigenvalue weighted by molar-refractivity contribution is 7.98. The lowest BCUT2D eigenvalue weighted by atomic mass is 10.1. The molecule has 1 amide bonds. The van der Waals surface area contributed by atoms with Crippen LogP contribution in [0, 0.1) is 0 Å². The number of hydrogen-bond acceptors (Lipinski definition) is 8. The van der Waals surface area contributed by atoms with Gasteiger partial charge in [0, 0.05) is 17.4 Å². The summed E-state index contributed by atoms with van der Waals surface area (Å²) in [4.78, 5) is 33.1. The van der Waals surface area contributed by atoms with Crippen LogP contribution in [0.5, 0.6) is 0 Å². The van der Waals surface area contributed by atoms with E-state index in [0.29, 0.717) is 21.5 Å². The minimum Gasteiger partial charge on any atom is -0.755 e. The molecule has 0 fully saturated rings. The van der Waals surface area contributed by atoms with Gasteiger partial charge in [-0.2, -0.15) is 0 Å². The van der Waals surface area contributed by atoms with Crippen molar-refractivity contribution < 1.29 is 23.5 Å². The summed E-state index contributed by atoms with van der Waals surface area (Å²) in [6, 6.07) is 17.1. The molecule has 2 heterocycles. The largest absolute Gasteiger partial charge is 0.755 e. The smallest absolute Gasteiger partial charge is 0.335 e. The summed E-state index contributed by atoms with van der Waals surface area (Å²) in [6.07, 6.45) is 3.52. The molecule has 178 valence electrons. The SMILES string of the molecule is CSc1nccc(-c2ccc(N(c3cccc(C(=O)Nc4ccc(C(=O)O)cc4)c3)S(=O)[O-])s2)n1. The topological polar surface area (TPSA) is 136 Å². The predicted octanol–water partition coefficient (Wildman–Crippen LogP) is 4.81. The number of hydrogen-bond donors (Lipinski definition) is 2. The zero-order valence-electron chi connectivity index (χ0n) is 18.1. The van der Waals surface area contributed by atoms with Gasteiger partial charge in [-0.25, -0.2) is 14.8 Å². The van der Waals surface area contributed by atoms with E-state index >= 15 is 0 Å². The van der Waals surface area contributed by atoms with Crippen LogP contribution in [-0.4, -0.2) is 42.0 Å². The van der Waals surface area contributed by atoms with Crippen molar-refractivity contribution in [3.8, 4) is 10.6 Å². The Morgan fingerprint density at radius 3 is 2.54 bits per heavy atom. The summed E-state index contributed by atoms with van der Waals surface area (Å²) < 4.78 is 25.4. The fourth-order valence-corrected chi connectivity index (χ4v) is 5.16. The second-order valence-electron chi connectivity index (χ2n) is 6.96.